The number of fused-ring (bicyclic) bond motifs is 6. The van der Waals surface area contributed by atoms with Gasteiger partial charge in [0.15, 0.2) is 0 Å². The van der Waals surface area contributed by atoms with Gasteiger partial charge in [-0.05, 0) is 63.7 Å². The SMILES string of the molecule is COC(=O)CC[C@@H]1/C2=C(\C)C3=NC([C@H](CC(=O)OC)[C@@]3(C)CCC(=O)OC)[C@]3(C)N/C(=C(/C)C4=N/C(=C\C(=N2)C1(C)C)[C@@H](CCC(=O)OC)[C@]4(C)CC(=O)OC)[C@@H](CCC(=O)OC)[C@]3(C)CC(=O)OC. The van der Waals surface area contributed by atoms with Crippen molar-refractivity contribution in [3.05, 3.63) is 34.3 Å². The summed E-state index contributed by atoms with van der Waals surface area (Å²) in [5.41, 5.74) is -0.489. The highest BCUT2D eigenvalue weighted by molar-refractivity contribution is 6.12. The van der Waals surface area contributed by atoms with Crippen LogP contribution in [0.4, 0.5) is 0 Å². The van der Waals surface area contributed by atoms with E-state index in [0.717, 1.165) is 0 Å². The van der Waals surface area contributed by atoms with Crippen LogP contribution < -0.4 is 5.32 Å². The Morgan fingerprint density at radius 2 is 1.04 bits per heavy atom. The summed E-state index contributed by atoms with van der Waals surface area (Å²) in [5, 5.41) is 3.92. The van der Waals surface area contributed by atoms with Crippen LogP contribution in [0.2, 0.25) is 0 Å². The van der Waals surface area contributed by atoms with E-state index in [1.807, 2.05) is 61.5 Å². The van der Waals surface area contributed by atoms with Crippen LogP contribution in [-0.2, 0) is 66.7 Å². The molecule has 5 aliphatic rings. The molecule has 0 amide bonds. The van der Waals surface area contributed by atoms with E-state index in [2.05, 4.69) is 5.32 Å². The number of carbonyl (C=O) groups is 7. The minimum atomic E-state index is -1.26. The van der Waals surface area contributed by atoms with Gasteiger partial charge < -0.3 is 38.5 Å². The van der Waals surface area contributed by atoms with Crippen molar-refractivity contribution in [1.82, 2.24) is 5.32 Å². The van der Waals surface area contributed by atoms with Gasteiger partial charge in [-0.2, -0.15) is 0 Å². The average molecular weight is 979 g/mol. The molecule has 18 nitrogen and oxygen atoms in total. The normalized spacial score (nSPS) is 33.4. The molecule has 386 valence electrons. The highest BCUT2D eigenvalue weighted by atomic mass is 16.5. The molecule has 0 aromatic heterocycles. The number of ether oxygens (including phenoxy) is 7. The van der Waals surface area contributed by atoms with Crippen molar-refractivity contribution in [3.8, 4) is 0 Å². The second-order valence-corrected chi connectivity index (χ2v) is 20.8. The van der Waals surface area contributed by atoms with Gasteiger partial charge in [0, 0.05) is 99.5 Å². The van der Waals surface area contributed by atoms with Gasteiger partial charge >= 0.3 is 41.8 Å². The number of methoxy groups -OCH3 is 7. The molecule has 70 heavy (non-hydrogen) atoms. The van der Waals surface area contributed by atoms with E-state index in [0.29, 0.717) is 51.8 Å². The number of carbonyl (C=O) groups excluding carboxylic acids is 7. The Kier molecular flexibility index (Phi) is 16.9. The van der Waals surface area contributed by atoms with E-state index in [-0.39, 0.29) is 64.2 Å². The fourth-order valence-corrected chi connectivity index (χ4v) is 12.4. The van der Waals surface area contributed by atoms with Gasteiger partial charge in [0.1, 0.15) is 0 Å². The Hall–Kier alpha value is -5.68. The zero-order valence-electron chi connectivity index (χ0n) is 43.8. The zero-order chi connectivity index (χ0) is 52.3. The van der Waals surface area contributed by atoms with Gasteiger partial charge in [0.05, 0.1) is 86.3 Å². The lowest BCUT2D eigenvalue weighted by Crippen LogP contribution is -2.60. The third-order valence-electron chi connectivity index (χ3n) is 16.9. The molecule has 0 radical (unpaired) electrons. The second-order valence-electron chi connectivity index (χ2n) is 20.8. The van der Waals surface area contributed by atoms with Gasteiger partial charge in [-0.1, -0.05) is 34.6 Å². The summed E-state index contributed by atoms with van der Waals surface area (Å²) in [5.74, 6) is -5.65. The van der Waals surface area contributed by atoms with E-state index in [9.17, 15) is 33.6 Å². The van der Waals surface area contributed by atoms with Crippen LogP contribution in [0.25, 0.3) is 0 Å². The van der Waals surface area contributed by atoms with Crippen molar-refractivity contribution in [1.29, 1.82) is 0 Å². The standard InChI is InChI=1S/C52H74N4O14/c1-28-43-31(17-20-37(58)65-10)48(3,4)35(54-43)25-34-30(16-19-36(57)64-9)50(6,26-41(62)69-14)46(53-34)29(2)44-32(18-21-38(59)66-11)51(7,27-42(63)70-15)52(8,56-44)47-33(24-40(61)68-13)49(5,45(28)55-47)23-22-39(60)67-12/h25,30-33,47,56H,16-24,26-27H2,1-15H3/b34-25-,43-28-,44-29-/t30-,31-,32-,33+,47?,49-,50+,51+,52+/m1/s1. The van der Waals surface area contributed by atoms with E-state index in [4.69, 9.17) is 48.1 Å². The molecule has 5 aliphatic heterocycles. The van der Waals surface area contributed by atoms with E-state index >= 15 is 0 Å². The molecule has 0 aromatic carbocycles. The number of aliphatic imine (C=N–C) groups is 3. The van der Waals surface area contributed by atoms with Crippen LogP contribution in [-0.4, -0.2) is 120 Å². The predicted octanol–water partition coefficient (Wildman–Crippen LogP) is 6.54. The van der Waals surface area contributed by atoms with Crippen LogP contribution in [0.1, 0.15) is 126 Å². The summed E-state index contributed by atoms with van der Waals surface area (Å²) >= 11 is 0. The molecular formula is C52H74N4O14. The van der Waals surface area contributed by atoms with Crippen molar-refractivity contribution in [2.45, 2.75) is 138 Å². The molecule has 0 saturated carbocycles. The number of nitrogens with zero attached hydrogens (tertiary/aromatic N) is 3. The van der Waals surface area contributed by atoms with Gasteiger partial charge in [-0.3, -0.25) is 48.5 Å². The van der Waals surface area contributed by atoms with Crippen molar-refractivity contribution >= 4 is 58.9 Å². The minimum absolute atomic E-state index is 0.00189. The quantitative estimate of drug-likeness (QED) is 0.113. The maximum atomic E-state index is 14.0. The fourth-order valence-electron chi connectivity index (χ4n) is 12.4. The molecule has 1 unspecified atom stereocenters. The van der Waals surface area contributed by atoms with Gasteiger partial charge in [0.25, 0.3) is 0 Å². The highest BCUT2D eigenvalue weighted by Gasteiger charge is 2.67. The molecule has 1 fully saturated rings. The Morgan fingerprint density at radius 3 is 1.57 bits per heavy atom. The largest absolute Gasteiger partial charge is 0.469 e. The van der Waals surface area contributed by atoms with Crippen LogP contribution in [0.15, 0.2) is 49.3 Å². The lowest BCUT2D eigenvalue weighted by atomic mass is 9.56. The first kappa shape index (κ1) is 55.2. The maximum absolute atomic E-state index is 14.0. The summed E-state index contributed by atoms with van der Waals surface area (Å²) in [7, 11) is 9.22. The first-order chi connectivity index (χ1) is 32.8. The number of hydrogen-bond donors (Lipinski definition) is 1. The first-order valence-electron chi connectivity index (χ1n) is 24.0. The predicted molar refractivity (Wildman–Crippen MR) is 258 cm³/mol. The minimum Gasteiger partial charge on any atom is -0.469 e. The summed E-state index contributed by atoms with van der Waals surface area (Å²) in [6.45, 7) is 15.7. The van der Waals surface area contributed by atoms with Crippen molar-refractivity contribution in [2.75, 3.05) is 49.8 Å². The maximum Gasteiger partial charge on any atom is 0.306 e. The monoisotopic (exact) mass is 979 g/mol. The highest BCUT2D eigenvalue weighted by Crippen LogP contribution is 2.62. The third-order valence-corrected chi connectivity index (χ3v) is 16.9. The number of hydrogen-bond acceptors (Lipinski definition) is 18. The van der Waals surface area contributed by atoms with Crippen LogP contribution >= 0.6 is 0 Å². The molecule has 0 spiro atoms. The van der Waals surface area contributed by atoms with Crippen LogP contribution in [0, 0.1) is 45.3 Å². The Balaban J connectivity index is 2.04. The number of nitrogens with one attached hydrogen (secondary N) is 1. The van der Waals surface area contributed by atoms with Gasteiger partial charge in [0.2, 0.25) is 0 Å². The van der Waals surface area contributed by atoms with Crippen LogP contribution in [0.5, 0.6) is 0 Å². The van der Waals surface area contributed by atoms with Crippen LogP contribution in [0.3, 0.4) is 0 Å². The first-order valence-corrected chi connectivity index (χ1v) is 24.0. The molecule has 9 atom stereocenters. The Bertz CT molecular complexity index is 2340. The summed E-state index contributed by atoms with van der Waals surface area (Å²) in [6, 6.07) is -0.842. The lowest BCUT2D eigenvalue weighted by Gasteiger charge is -2.48. The molecule has 18 heteroatoms. The zero-order valence-corrected chi connectivity index (χ0v) is 43.8. The van der Waals surface area contributed by atoms with Gasteiger partial charge in [-0.25, -0.2) is 0 Å². The molecule has 5 rings (SSSR count). The third kappa shape index (κ3) is 9.97. The second kappa shape index (κ2) is 21.4. The fraction of sp³-hybridized carbons (Fsp3) is 0.692. The summed E-state index contributed by atoms with van der Waals surface area (Å²) in [4.78, 5) is 110. The molecule has 0 aromatic rings. The van der Waals surface area contributed by atoms with Crippen molar-refractivity contribution in [3.63, 3.8) is 0 Å². The molecule has 0 aliphatic carbocycles. The number of allylic oxidation sites excluding steroid dienone is 6. The topological polar surface area (TPSA) is 233 Å². The molecular weight excluding hydrogens is 905 g/mol. The smallest absolute Gasteiger partial charge is 0.306 e. The summed E-state index contributed by atoms with van der Waals surface area (Å²) < 4.78 is 36.8. The summed E-state index contributed by atoms with van der Waals surface area (Å²) in [6.07, 6.45) is 2.39. The van der Waals surface area contributed by atoms with E-state index in [1.165, 1.54) is 49.8 Å². The Morgan fingerprint density at radius 1 is 0.557 bits per heavy atom. The number of esters is 7. The Labute approximate surface area is 411 Å². The van der Waals surface area contributed by atoms with Crippen molar-refractivity contribution in [2.24, 2.45) is 60.3 Å². The average Bonchev–Trinajstić information content (AvgIpc) is 3.95. The van der Waals surface area contributed by atoms with E-state index < -0.39 is 98.7 Å². The van der Waals surface area contributed by atoms with E-state index in [1.54, 1.807) is 0 Å². The molecule has 5 heterocycles. The molecule has 1 N–H and O–H groups in total. The molecule has 1 saturated heterocycles. The van der Waals surface area contributed by atoms with Gasteiger partial charge in [-0.15, -0.1) is 0 Å². The number of rotatable bonds is 18. The molecule has 8 bridgehead atoms. The van der Waals surface area contributed by atoms with Crippen molar-refractivity contribution < 1.29 is 66.7 Å². The lowest BCUT2D eigenvalue weighted by molar-refractivity contribution is -0.147.